The van der Waals surface area contributed by atoms with E-state index in [2.05, 4.69) is 46.8 Å². The molecule has 1 aromatic heterocycles. The molecule has 96 valence electrons. The van der Waals surface area contributed by atoms with Crippen LogP contribution in [0.1, 0.15) is 18.3 Å². The van der Waals surface area contributed by atoms with Crippen LogP contribution < -0.4 is 4.57 Å². The average molecular weight is 272 g/mol. The summed E-state index contributed by atoms with van der Waals surface area (Å²) in [6.07, 6.45) is 0.971. The average Bonchev–Trinajstić information content (AvgIpc) is 2.79. The highest BCUT2D eigenvalue weighted by Gasteiger charge is 2.17. The Labute approximate surface area is 117 Å². The number of hydrogen-bond donors (Lipinski definition) is 1. The van der Waals surface area contributed by atoms with Crippen molar-refractivity contribution in [1.82, 2.24) is 4.98 Å². The van der Waals surface area contributed by atoms with E-state index in [0.717, 1.165) is 23.6 Å². The van der Waals surface area contributed by atoms with Gasteiger partial charge in [0.2, 0.25) is 0 Å². The van der Waals surface area contributed by atoms with E-state index in [1.807, 2.05) is 18.2 Å². The highest BCUT2D eigenvalue weighted by atomic mass is 35.5. The molecule has 0 radical (unpaired) electrons. The SMILES string of the molecule is CCc1[nH]c2ccccc2[n+]1Cc1ccccc1Cl. The lowest BCUT2D eigenvalue weighted by Crippen LogP contribution is -2.37. The van der Waals surface area contributed by atoms with Crippen LogP contribution in [0.3, 0.4) is 0 Å². The van der Waals surface area contributed by atoms with Crippen LogP contribution >= 0.6 is 11.6 Å². The number of aromatic nitrogens is 2. The molecule has 0 amide bonds. The number of aryl methyl sites for hydroxylation is 1. The number of fused-ring (bicyclic) bond motifs is 1. The number of H-pyrrole nitrogens is 1. The van der Waals surface area contributed by atoms with Gasteiger partial charge < -0.3 is 0 Å². The normalized spacial score (nSPS) is 11.1. The van der Waals surface area contributed by atoms with Gasteiger partial charge in [0, 0.05) is 17.0 Å². The highest BCUT2D eigenvalue weighted by Crippen LogP contribution is 2.16. The second kappa shape index (κ2) is 5.06. The zero-order valence-electron chi connectivity index (χ0n) is 10.9. The maximum Gasteiger partial charge on any atom is 0.255 e. The van der Waals surface area contributed by atoms with Crippen LogP contribution in [-0.4, -0.2) is 4.98 Å². The fourth-order valence-corrected chi connectivity index (χ4v) is 2.64. The first-order chi connectivity index (χ1) is 9.29. The molecule has 0 saturated heterocycles. The largest absolute Gasteiger partial charge is 0.255 e. The predicted molar refractivity (Wildman–Crippen MR) is 78.4 cm³/mol. The van der Waals surface area contributed by atoms with E-state index in [4.69, 9.17) is 11.6 Å². The third-order valence-corrected chi connectivity index (χ3v) is 3.79. The third-order valence-electron chi connectivity index (χ3n) is 3.42. The van der Waals surface area contributed by atoms with Crippen LogP contribution in [0.5, 0.6) is 0 Å². The second-order valence-corrected chi connectivity index (χ2v) is 5.03. The summed E-state index contributed by atoms with van der Waals surface area (Å²) in [7, 11) is 0. The van der Waals surface area contributed by atoms with Crippen LogP contribution in [0, 0.1) is 0 Å². The molecule has 0 spiro atoms. The number of para-hydroxylation sites is 2. The summed E-state index contributed by atoms with van der Waals surface area (Å²) in [5.74, 6) is 1.22. The van der Waals surface area contributed by atoms with Crippen molar-refractivity contribution in [3.8, 4) is 0 Å². The fourth-order valence-electron chi connectivity index (χ4n) is 2.44. The van der Waals surface area contributed by atoms with Crippen molar-refractivity contribution in [3.05, 3.63) is 64.9 Å². The summed E-state index contributed by atoms with van der Waals surface area (Å²) in [5.41, 5.74) is 3.54. The van der Waals surface area contributed by atoms with Crippen molar-refractivity contribution in [2.45, 2.75) is 19.9 Å². The molecule has 3 rings (SSSR count). The zero-order valence-corrected chi connectivity index (χ0v) is 11.6. The van der Waals surface area contributed by atoms with E-state index >= 15 is 0 Å². The molecule has 0 aliphatic rings. The van der Waals surface area contributed by atoms with Crippen LogP contribution in [0.4, 0.5) is 0 Å². The standard InChI is InChI=1S/C16H15ClN2/c1-2-16-18-14-9-5-6-10-15(14)19(16)11-12-7-3-4-8-13(12)17/h3-10H,2,11H2,1H3/p+1. The van der Waals surface area contributed by atoms with E-state index in [1.165, 1.54) is 16.9 Å². The maximum atomic E-state index is 6.26. The minimum atomic E-state index is 0.798. The van der Waals surface area contributed by atoms with Gasteiger partial charge in [0.05, 0.1) is 0 Å². The first-order valence-corrected chi connectivity index (χ1v) is 6.90. The lowest BCUT2D eigenvalue weighted by Gasteiger charge is -2.03. The number of hydrogen-bond acceptors (Lipinski definition) is 0. The Hall–Kier alpha value is -1.80. The predicted octanol–water partition coefficient (Wildman–Crippen LogP) is 3.72. The summed E-state index contributed by atoms with van der Waals surface area (Å²) in [4.78, 5) is 3.47. The van der Waals surface area contributed by atoms with Crippen molar-refractivity contribution >= 4 is 22.6 Å². The third kappa shape index (κ3) is 2.24. The topological polar surface area (TPSA) is 19.7 Å². The molecule has 19 heavy (non-hydrogen) atoms. The van der Waals surface area contributed by atoms with Gasteiger partial charge in [0.25, 0.3) is 5.82 Å². The van der Waals surface area contributed by atoms with Gasteiger partial charge in [-0.25, -0.2) is 9.55 Å². The van der Waals surface area contributed by atoms with Gasteiger partial charge in [-0.05, 0) is 18.2 Å². The molecule has 2 nitrogen and oxygen atoms in total. The van der Waals surface area contributed by atoms with E-state index in [9.17, 15) is 0 Å². The lowest BCUT2D eigenvalue weighted by atomic mass is 10.2. The molecular formula is C16H16ClN2+. The molecule has 2 aromatic carbocycles. The first-order valence-electron chi connectivity index (χ1n) is 6.52. The van der Waals surface area contributed by atoms with E-state index < -0.39 is 0 Å². The van der Waals surface area contributed by atoms with Crippen molar-refractivity contribution in [2.24, 2.45) is 0 Å². The van der Waals surface area contributed by atoms with Crippen molar-refractivity contribution in [3.63, 3.8) is 0 Å². The summed E-state index contributed by atoms with van der Waals surface area (Å²) in [5, 5.41) is 0.822. The Kier molecular flexibility index (Phi) is 3.26. The number of nitrogens with zero attached hydrogens (tertiary/aromatic N) is 1. The molecule has 0 aliphatic carbocycles. The smallest absolute Gasteiger partial charge is 0.241 e. The molecule has 1 N–H and O–H groups in total. The fraction of sp³-hybridized carbons (Fsp3) is 0.188. The van der Waals surface area contributed by atoms with Crippen molar-refractivity contribution in [2.75, 3.05) is 0 Å². The van der Waals surface area contributed by atoms with Crippen LogP contribution in [0.2, 0.25) is 5.02 Å². The Morgan fingerprint density at radius 1 is 1.05 bits per heavy atom. The Bertz CT molecular complexity index is 716. The van der Waals surface area contributed by atoms with Gasteiger partial charge in [0.1, 0.15) is 6.54 Å². The van der Waals surface area contributed by atoms with Gasteiger partial charge in [-0.3, -0.25) is 0 Å². The van der Waals surface area contributed by atoms with E-state index in [0.29, 0.717) is 0 Å². The van der Waals surface area contributed by atoms with Crippen molar-refractivity contribution < 1.29 is 4.57 Å². The lowest BCUT2D eigenvalue weighted by molar-refractivity contribution is -0.669. The van der Waals surface area contributed by atoms with Crippen LogP contribution in [0.15, 0.2) is 48.5 Å². The van der Waals surface area contributed by atoms with Crippen molar-refractivity contribution in [1.29, 1.82) is 0 Å². The minimum Gasteiger partial charge on any atom is -0.241 e. The second-order valence-electron chi connectivity index (χ2n) is 4.62. The molecule has 3 heteroatoms. The summed E-state index contributed by atoms with van der Waals surface area (Å²) >= 11 is 6.26. The zero-order chi connectivity index (χ0) is 13.2. The Morgan fingerprint density at radius 2 is 1.79 bits per heavy atom. The van der Waals surface area contributed by atoms with E-state index in [-0.39, 0.29) is 0 Å². The quantitative estimate of drug-likeness (QED) is 0.701. The maximum absolute atomic E-state index is 6.26. The highest BCUT2D eigenvalue weighted by molar-refractivity contribution is 6.31. The Morgan fingerprint density at radius 3 is 2.58 bits per heavy atom. The molecule has 0 unspecified atom stereocenters. The molecule has 0 atom stereocenters. The molecule has 3 aromatic rings. The number of benzene rings is 2. The Balaban J connectivity index is 2.12. The summed E-state index contributed by atoms with van der Waals surface area (Å²) in [6.45, 7) is 2.96. The number of aromatic amines is 1. The number of rotatable bonds is 3. The number of halogens is 1. The van der Waals surface area contributed by atoms with Gasteiger partial charge >= 0.3 is 0 Å². The molecule has 0 aliphatic heterocycles. The van der Waals surface area contributed by atoms with E-state index in [1.54, 1.807) is 0 Å². The first kappa shape index (κ1) is 12.2. The van der Waals surface area contributed by atoms with Crippen LogP contribution in [0.25, 0.3) is 11.0 Å². The number of nitrogens with one attached hydrogen (secondary N) is 1. The monoisotopic (exact) mass is 271 g/mol. The minimum absolute atomic E-state index is 0.798. The number of imidazole rings is 1. The van der Waals surface area contributed by atoms with Gasteiger partial charge in [-0.15, -0.1) is 0 Å². The molecule has 1 heterocycles. The summed E-state index contributed by atoms with van der Waals surface area (Å²) < 4.78 is 2.30. The molecule has 0 bridgehead atoms. The summed E-state index contributed by atoms with van der Waals surface area (Å²) in [6, 6.07) is 16.4. The van der Waals surface area contributed by atoms with Gasteiger partial charge in [-0.1, -0.05) is 48.9 Å². The van der Waals surface area contributed by atoms with Gasteiger partial charge in [-0.2, -0.15) is 0 Å². The molecule has 0 saturated carbocycles. The molecule has 0 fully saturated rings. The molecular weight excluding hydrogens is 256 g/mol. The van der Waals surface area contributed by atoms with Crippen LogP contribution in [-0.2, 0) is 13.0 Å². The van der Waals surface area contributed by atoms with Gasteiger partial charge in [0.15, 0.2) is 11.0 Å².